The molecule has 1 aromatic carbocycles. The fourth-order valence-corrected chi connectivity index (χ4v) is 3.92. The number of hydrogen-bond donors (Lipinski definition) is 0. The second-order valence-corrected chi connectivity index (χ2v) is 7.15. The van der Waals surface area contributed by atoms with E-state index >= 15 is 0 Å². The Kier molecular flexibility index (Phi) is 5.47. The van der Waals surface area contributed by atoms with Gasteiger partial charge in [0.25, 0.3) is 0 Å². The molecule has 0 bridgehead atoms. The zero-order chi connectivity index (χ0) is 19.6. The molecular weight excluding hydrogens is 360 g/mol. The number of anilines is 1. The summed E-state index contributed by atoms with van der Waals surface area (Å²) in [5, 5.41) is 1.65. The van der Waals surface area contributed by atoms with Crippen LogP contribution in [0.5, 0.6) is 11.5 Å². The lowest BCUT2D eigenvalue weighted by Gasteiger charge is -2.18. The average Bonchev–Trinajstić information content (AvgIpc) is 3.02. The van der Waals surface area contributed by atoms with Gasteiger partial charge in [-0.15, -0.1) is 11.3 Å². The molecule has 0 aliphatic carbocycles. The number of methoxy groups -OCH3 is 2. The predicted molar refractivity (Wildman–Crippen MR) is 110 cm³/mol. The van der Waals surface area contributed by atoms with E-state index in [1.54, 1.807) is 14.2 Å². The van der Waals surface area contributed by atoms with Crippen molar-refractivity contribution in [2.75, 3.05) is 32.7 Å². The Hall–Kier alpha value is -2.85. The Morgan fingerprint density at radius 1 is 1.19 bits per heavy atom. The van der Waals surface area contributed by atoms with Crippen molar-refractivity contribution in [2.45, 2.75) is 20.3 Å². The first-order valence-electron chi connectivity index (χ1n) is 8.61. The molecule has 0 saturated carbocycles. The van der Waals surface area contributed by atoms with Gasteiger partial charge in [-0.2, -0.15) is 0 Å². The molecule has 0 atom stereocenters. The zero-order valence-corrected chi connectivity index (χ0v) is 17.0. The number of nitrogens with zero attached hydrogens (tertiary/aromatic N) is 4. The van der Waals surface area contributed by atoms with Gasteiger partial charge in [-0.25, -0.2) is 14.8 Å². The third kappa shape index (κ3) is 3.53. The molecule has 0 unspecified atom stereocenters. The molecule has 0 saturated heterocycles. The monoisotopic (exact) mass is 382 g/mol. The highest BCUT2D eigenvalue weighted by atomic mass is 32.1. The van der Waals surface area contributed by atoms with Crippen LogP contribution in [0.25, 0.3) is 15.1 Å². The zero-order valence-electron chi connectivity index (χ0n) is 16.2. The molecule has 3 rings (SSSR count). The topological polar surface area (TPSA) is 51.8 Å². The Morgan fingerprint density at radius 3 is 2.56 bits per heavy atom. The van der Waals surface area contributed by atoms with Gasteiger partial charge in [-0.3, -0.25) is 0 Å². The molecule has 0 N–H and O–H groups in total. The summed E-state index contributed by atoms with van der Waals surface area (Å²) in [4.78, 5) is 16.2. The van der Waals surface area contributed by atoms with Crippen LogP contribution in [0.15, 0.2) is 18.2 Å². The molecule has 6 nitrogen and oxygen atoms in total. The third-order valence-electron chi connectivity index (χ3n) is 4.54. The summed E-state index contributed by atoms with van der Waals surface area (Å²) in [6.45, 7) is 12.3. The van der Waals surface area contributed by atoms with Crippen LogP contribution >= 0.6 is 11.3 Å². The molecule has 0 aliphatic heterocycles. The van der Waals surface area contributed by atoms with E-state index < -0.39 is 0 Å². The molecule has 0 aliphatic rings. The highest BCUT2D eigenvalue weighted by Crippen LogP contribution is 2.40. The van der Waals surface area contributed by atoms with Crippen molar-refractivity contribution in [3.05, 3.63) is 46.6 Å². The fraction of sp³-hybridized carbons (Fsp3) is 0.350. The maximum absolute atomic E-state index is 7.40. The van der Waals surface area contributed by atoms with E-state index in [0.717, 1.165) is 39.5 Å². The summed E-state index contributed by atoms with van der Waals surface area (Å²) in [7, 11) is 5.25. The maximum atomic E-state index is 7.40. The van der Waals surface area contributed by atoms with Crippen LogP contribution in [0.3, 0.4) is 0 Å². The minimum atomic E-state index is 0.575. The molecule has 3 aromatic rings. The molecule has 2 aromatic heterocycles. The number of benzene rings is 1. The molecule has 0 radical (unpaired) electrons. The highest BCUT2D eigenvalue weighted by Gasteiger charge is 2.18. The van der Waals surface area contributed by atoms with E-state index in [1.165, 1.54) is 11.3 Å². The standard InChI is InChI=1S/C20H22N4O2S/c1-7-24(4)18-17-12(2)19(21-3)27-20(17)23-16(22-18)11-13-8-9-14(25-5)15(10-13)26-6/h8-10H,7,11H2,1-2,4-6H3. The van der Waals surface area contributed by atoms with E-state index in [0.29, 0.717) is 22.9 Å². The van der Waals surface area contributed by atoms with Gasteiger partial charge in [0.05, 0.1) is 20.8 Å². The van der Waals surface area contributed by atoms with Crippen LogP contribution in [-0.4, -0.2) is 37.8 Å². The number of aromatic nitrogens is 2. The molecule has 0 fully saturated rings. The summed E-state index contributed by atoms with van der Waals surface area (Å²) >= 11 is 1.43. The van der Waals surface area contributed by atoms with Gasteiger partial charge in [0, 0.05) is 25.4 Å². The Morgan fingerprint density at radius 2 is 1.93 bits per heavy atom. The molecule has 2 heterocycles. The van der Waals surface area contributed by atoms with Crippen LogP contribution in [0, 0.1) is 13.5 Å². The number of rotatable bonds is 6. The normalized spacial score (nSPS) is 10.7. The van der Waals surface area contributed by atoms with Crippen LogP contribution < -0.4 is 14.4 Å². The van der Waals surface area contributed by atoms with Crippen molar-refractivity contribution in [3.63, 3.8) is 0 Å². The largest absolute Gasteiger partial charge is 0.493 e. The van der Waals surface area contributed by atoms with Crippen LogP contribution in [-0.2, 0) is 6.42 Å². The third-order valence-corrected chi connectivity index (χ3v) is 5.62. The number of fused-ring (bicyclic) bond motifs is 1. The minimum absolute atomic E-state index is 0.575. The summed E-state index contributed by atoms with van der Waals surface area (Å²) < 4.78 is 10.7. The van der Waals surface area contributed by atoms with Crippen LogP contribution in [0.4, 0.5) is 10.8 Å². The van der Waals surface area contributed by atoms with Crippen molar-refractivity contribution in [1.29, 1.82) is 0 Å². The lowest BCUT2D eigenvalue weighted by molar-refractivity contribution is 0.354. The van der Waals surface area contributed by atoms with Gasteiger partial charge in [-0.1, -0.05) is 6.07 Å². The van der Waals surface area contributed by atoms with E-state index in [4.69, 9.17) is 26.0 Å². The average molecular weight is 382 g/mol. The number of thiophene rings is 1. The number of ether oxygens (including phenoxy) is 2. The highest BCUT2D eigenvalue weighted by molar-refractivity contribution is 7.22. The molecule has 140 valence electrons. The Labute approximate surface area is 163 Å². The van der Waals surface area contributed by atoms with Crippen LogP contribution in [0.2, 0.25) is 0 Å². The Bertz CT molecular complexity index is 1020. The van der Waals surface area contributed by atoms with E-state index in [9.17, 15) is 0 Å². The fourth-order valence-electron chi connectivity index (χ4n) is 2.93. The van der Waals surface area contributed by atoms with Crippen LogP contribution in [0.1, 0.15) is 23.9 Å². The van der Waals surface area contributed by atoms with Crippen molar-refractivity contribution in [1.82, 2.24) is 9.97 Å². The summed E-state index contributed by atoms with van der Waals surface area (Å²) in [6, 6.07) is 5.82. The lowest BCUT2D eigenvalue weighted by atomic mass is 10.1. The quantitative estimate of drug-likeness (QED) is 0.583. The molecule has 7 heteroatoms. The number of aryl methyl sites for hydroxylation is 1. The second kappa shape index (κ2) is 7.80. The van der Waals surface area contributed by atoms with E-state index in [2.05, 4.69) is 16.7 Å². The molecular formula is C20H22N4O2S. The first-order valence-corrected chi connectivity index (χ1v) is 9.43. The first kappa shape index (κ1) is 18.9. The van der Waals surface area contributed by atoms with Crippen molar-refractivity contribution in [3.8, 4) is 11.5 Å². The van der Waals surface area contributed by atoms with Gasteiger partial charge in [0.2, 0.25) is 5.00 Å². The molecule has 0 spiro atoms. The smallest absolute Gasteiger partial charge is 0.246 e. The summed E-state index contributed by atoms with van der Waals surface area (Å²) in [5.74, 6) is 2.98. The predicted octanol–water partition coefficient (Wildman–Crippen LogP) is 4.61. The first-order chi connectivity index (χ1) is 13.0. The minimum Gasteiger partial charge on any atom is -0.493 e. The van der Waals surface area contributed by atoms with Crippen molar-refractivity contribution >= 4 is 32.4 Å². The lowest BCUT2D eigenvalue weighted by Crippen LogP contribution is -2.18. The summed E-state index contributed by atoms with van der Waals surface area (Å²) in [6.07, 6.45) is 0.575. The van der Waals surface area contributed by atoms with Crippen molar-refractivity contribution < 1.29 is 9.47 Å². The van der Waals surface area contributed by atoms with Gasteiger partial charge >= 0.3 is 0 Å². The maximum Gasteiger partial charge on any atom is 0.246 e. The van der Waals surface area contributed by atoms with Crippen molar-refractivity contribution in [2.24, 2.45) is 0 Å². The Balaban J connectivity index is 2.09. The second-order valence-electron chi connectivity index (χ2n) is 6.17. The van der Waals surface area contributed by atoms with Gasteiger partial charge < -0.3 is 14.4 Å². The SMILES string of the molecule is [C-]#[N+]c1sc2nc(Cc3ccc(OC)c(OC)c3)nc(N(C)CC)c2c1C. The molecule has 27 heavy (non-hydrogen) atoms. The van der Waals surface area contributed by atoms with E-state index in [1.807, 2.05) is 32.2 Å². The number of hydrogen-bond acceptors (Lipinski definition) is 6. The molecule has 0 amide bonds. The van der Waals surface area contributed by atoms with Gasteiger partial charge in [0.1, 0.15) is 16.5 Å². The van der Waals surface area contributed by atoms with E-state index in [-0.39, 0.29) is 0 Å². The summed E-state index contributed by atoms with van der Waals surface area (Å²) in [5.41, 5.74) is 1.99. The van der Waals surface area contributed by atoms with Gasteiger partial charge in [-0.05, 0) is 37.1 Å². The van der Waals surface area contributed by atoms with Gasteiger partial charge in [0.15, 0.2) is 11.5 Å².